The zero-order valence-corrected chi connectivity index (χ0v) is 11.6. The summed E-state index contributed by atoms with van der Waals surface area (Å²) in [5, 5.41) is 9.74. The highest BCUT2D eigenvalue weighted by atomic mass is 19.2. The lowest BCUT2D eigenvalue weighted by Gasteiger charge is -2.42. The minimum absolute atomic E-state index is 0.226. The Kier molecular flexibility index (Phi) is 3.75. The van der Waals surface area contributed by atoms with Gasteiger partial charge in [0.05, 0.1) is 6.10 Å². The van der Waals surface area contributed by atoms with Crippen LogP contribution >= 0.6 is 0 Å². The van der Waals surface area contributed by atoms with E-state index in [-0.39, 0.29) is 6.10 Å². The number of piperazine rings is 1. The first kappa shape index (κ1) is 13.9. The molecule has 0 spiro atoms. The van der Waals surface area contributed by atoms with Crippen LogP contribution in [0.2, 0.25) is 0 Å². The molecule has 0 radical (unpaired) electrons. The molecule has 3 rings (SSSR count). The molecule has 110 valence electrons. The van der Waals surface area contributed by atoms with E-state index in [1.807, 2.05) is 0 Å². The largest absolute Gasteiger partial charge is 0.392 e. The smallest absolute Gasteiger partial charge is 0.159 e. The maximum Gasteiger partial charge on any atom is 0.159 e. The first-order chi connectivity index (χ1) is 9.52. The van der Waals surface area contributed by atoms with E-state index in [1.165, 1.54) is 12.1 Å². The van der Waals surface area contributed by atoms with Crippen molar-refractivity contribution in [2.45, 2.75) is 38.1 Å². The molecule has 3 atom stereocenters. The lowest BCUT2D eigenvalue weighted by atomic mass is 10.1. The zero-order chi connectivity index (χ0) is 14.3. The fourth-order valence-electron chi connectivity index (χ4n) is 3.37. The van der Waals surface area contributed by atoms with E-state index in [1.54, 1.807) is 6.07 Å². The summed E-state index contributed by atoms with van der Waals surface area (Å²) in [6.45, 7) is 5.32. The number of fused-ring (bicyclic) bond motifs is 1. The van der Waals surface area contributed by atoms with Crippen LogP contribution in [0.25, 0.3) is 0 Å². The number of halogens is 2. The molecule has 0 unspecified atom stereocenters. The van der Waals surface area contributed by atoms with Crippen molar-refractivity contribution in [3.63, 3.8) is 0 Å². The number of benzene rings is 1. The monoisotopic (exact) mass is 282 g/mol. The van der Waals surface area contributed by atoms with E-state index in [0.717, 1.165) is 31.6 Å². The SMILES string of the molecule is C[C@H]1CN2C[C@H](O)C[C@H]2CN1Cc1ccc(F)c(F)c1. The van der Waals surface area contributed by atoms with E-state index in [4.69, 9.17) is 0 Å². The fourth-order valence-corrected chi connectivity index (χ4v) is 3.37. The minimum atomic E-state index is -0.800. The second-order valence-corrected chi connectivity index (χ2v) is 6.02. The molecule has 20 heavy (non-hydrogen) atoms. The van der Waals surface area contributed by atoms with Crippen LogP contribution in [0.3, 0.4) is 0 Å². The predicted octanol–water partition coefficient (Wildman–Crippen LogP) is 1.60. The summed E-state index contributed by atoms with van der Waals surface area (Å²) in [6.07, 6.45) is 0.580. The number of rotatable bonds is 2. The van der Waals surface area contributed by atoms with Crippen molar-refractivity contribution >= 4 is 0 Å². The summed E-state index contributed by atoms with van der Waals surface area (Å²) >= 11 is 0. The van der Waals surface area contributed by atoms with Crippen molar-refractivity contribution in [3.05, 3.63) is 35.4 Å². The van der Waals surface area contributed by atoms with E-state index >= 15 is 0 Å². The van der Waals surface area contributed by atoms with Gasteiger partial charge in [0.2, 0.25) is 0 Å². The number of aliphatic hydroxyl groups excluding tert-OH is 1. The highest BCUT2D eigenvalue weighted by Crippen LogP contribution is 2.26. The molecule has 2 fully saturated rings. The van der Waals surface area contributed by atoms with Gasteiger partial charge in [0, 0.05) is 38.3 Å². The maximum atomic E-state index is 13.3. The van der Waals surface area contributed by atoms with Crippen molar-refractivity contribution < 1.29 is 13.9 Å². The molecular weight excluding hydrogens is 262 g/mol. The van der Waals surface area contributed by atoms with Crippen LogP contribution in [0.4, 0.5) is 8.78 Å². The van der Waals surface area contributed by atoms with E-state index in [0.29, 0.717) is 18.6 Å². The molecule has 2 heterocycles. The predicted molar refractivity (Wildman–Crippen MR) is 72.2 cm³/mol. The molecular formula is C15H20F2N2O. The molecule has 3 nitrogen and oxygen atoms in total. The van der Waals surface area contributed by atoms with Gasteiger partial charge in [-0.1, -0.05) is 6.07 Å². The third-order valence-corrected chi connectivity index (χ3v) is 4.44. The van der Waals surface area contributed by atoms with Crippen molar-refractivity contribution in [1.29, 1.82) is 0 Å². The second kappa shape index (κ2) is 5.39. The van der Waals surface area contributed by atoms with Gasteiger partial charge in [0.25, 0.3) is 0 Å². The van der Waals surface area contributed by atoms with Crippen molar-refractivity contribution in [2.75, 3.05) is 19.6 Å². The van der Waals surface area contributed by atoms with E-state index in [2.05, 4.69) is 16.7 Å². The van der Waals surface area contributed by atoms with Crippen LogP contribution in [-0.4, -0.2) is 52.7 Å². The highest BCUT2D eigenvalue weighted by molar-refractivity contribution is 5.18. The number of aliphatic hydroxyl groups is 1. The Morgan fingerprint density at radius 2 is 2.00 bits per heavy atom. The summed E-state index contributed by atoms with van der Waals surface area (Å²) in [4.78, 5) is 4.61. The molecule has 0 bridgehead atoms. The van der Waals surface area contributed by atoms with Crippen molar-refractivity contribution in [2.24, 2.45) is 0 Å². The Morgan fingerprint density at radius 1 is 1.20 bits per heavy atom. The Morgan fingerprint density at radius 3 is 2.75 bits per heavy atom. The maximum absolute atomic E-state index is 13.3. The fraction of sp³-hybridized carbons (Fsp3) is 0.600. The Hall–Kier alpha value is -1.04. The van der Waals surface area contributed by atoms with Gasteiger partial charge < -0.3 is 5.11 Å². The standard InChI is InChI=1S/C15H20F2N2O/c1-10-6-19-9-13(20)5-12(19)8-18(10)7-11-2-3-14(16)15(17)4-11/h2-4,10,12-13,20H,5-9H2,1H3/t10-,12-,13+/m0/s1. The Bertz CT molecular complexity index is 497. The first-order valence-corrected chi connectivity index (χ1v) is 7.13. The van der Waals surface area contributed by atoms with Gasteiger partial charge in [-0.15, -0.1) is 0 Å². The van der Waals surface area contributed by atoms with Gasteiger partial charge in [-0.05, 0) is 31.0 Å². The molecule has 1 aromatic rings. The Labute approximate surface area is 117 Å². The lowest BCUT2D eigenvalue weighted by Crippen LogP contribution is -2.54. The number of nitrogens with zero attached hydrogens (tertiary/aromatic N) is 2. The quantitative estimate of drug-likeness (QED) is 0.892. The summed E-state index contributed by atoms with van der Waals surface area (Å²) in [6, 6.07) is 4.83. The molecule has 0 amide bonds. The number of hydrogen-bond donors (Lipinski definition) is 1. The van der Waals surface area contributed by atoms with E-state index < -0.39 is 11.6 Å². The van der Waals surface area contributed by atoms with Gasteiger partial charge in [-0.25, -0.2) is 8.78 Å². The molecule has 1 N–H and O–H groups in total. The average molecular weight is 282 g/mol. The van der Waals surface area contributed by atoms with Gasteiger partial charge in [0.15, 0.2) is 11.6 Å². The molecule has 0 aromatic heterocycles. The first-order valence-electron chi connectivity index (χ1n) is 7.13. The summed E-state index contributed by atoms with van der Waals surface area (Å²) < 4.78 is 26.2. The van der Waals surface area contributed by atoms with Crippen LogP contribution in [0.15, 0.2) is 18.2 Å². The van der Waals surface area contributed by atoms with Gasteiger partial charge in [-0.2, -0.15) is 0 Å². The summed E-state index contributed by atoms with van der Waals surface area (Å²) in [5.41, 5.74) is 0.794. The molecule has 0 aliphatic carbocycles. The summed E-state index contributed by atoms with van der Waals surface area (Å²) in [7, 11) is 0. The van der Waals surface area contributed by atoms with Crippen LogP contribution in [0, 0.1) is 11.6 Å². The molecule has 1 aromatic carbocycles. The molecule has 2 aliphatic heterocycles. The molecule has 5 heteroatoms. The molecule has 2 aliphatic rings. The number of hydrogen-bond acceptors (Lipinski definition) is 3. The normalized spacial score (nSPS) is 31.5. The Balaban J connectivity index is 1.69. The average Bonchev–Trinajstić information content (AvgIpc) is 2.73. The lowest BCUT2D eigenvalue weighted by molar-refractivity contribution is 0.0528. The van der Waals surface area contributed by atoms with Crippen LogP contribution in [0.1, 0.15) is 18.9 Å². The van der Waals surface area contributed by atoms with Crippen LogP contribution in [0.5, 0.6) is 0 Å². The zero-order valence-electron chi connectivity index (χ0n) is 11.6. The second-order valence-electron chi connectivity index (χ2n) is 6.02. The van der Waals surface area contributed by atoms with Crippen LogP contribution in [-0.2, 0) is 6.54 Å². The third-order valence-electron chi connectivity index (χ3n) is 4.44. The third kappa shape index (κ3) is 2.71. The van der Waals surface area contributed by atoms with E-state index in [9.17, 15) is 13.9 Å². The minimum Gasteiger partial charge on any atom is -0.392 e. The van der Waals surface area contributed by atoms with Crippen molar-refractivity contribution in [1.82, 2.24) is 9.80 Å². The van der Waals surface area contributed by atoms with Gasteiger partial charge >= 0.3 is 0 Å². The van der Waals surface area contributed by atoms with Crippen LogP contribution < -0.4 is 0 Å². The van der Waals surface area contributed by atoms with Gasteiger partial charge in [-0.3, -0.25) is 9.80 Å². The molecule has 2 saturated heterocycles. The van der Waals surface area contributed by atoms with Crippen molar-refractivity contribution in [3.8, 4) is 0 Å². The van der Waals surface area contributed by atoms with Gasteiger partial charge in [0.1, 0.15) is 0 Å². The highest BCUT2D eigenvalue weighted by Gasteiger charge is 2.37. The molecule has 0 saturated carbocycles. The topological polar surface area (TPSA) is 26.7 Å². The summed E-state index contributed by atoms with van der Waals surface area (Å²) in [5.74, 6) is -1.59.